The van der Waals surface area contributed by atoms with Gasteiger partial charge in [0.15, 0.2) is 0 Å². The predicted octanol–water partition coefficient (Wildman–Crippen LogP) is 2.21. The second-order valence-electron chi connectivity index (χ2n) is 4.00. The van der Waals surface area contributed by atoms with E-state index in [4.69, 9.17) is 0 Å². The molecule has 0 amide bonds. The second-order valence-corrected chi connectivity index (χ2v) is 4.00. The van der Waals surface area contributed by atoms with Crippen molar-refractivity contribution in [3.8, 4) is 5.75 Å². The Kier molecular flexibility index (Phi) is 1.84. The summed E-state index contributed by atoms with van der Waals surface area (Å²) >= 11 is 0. The van der Waals surface area contributed by atoms with Gasteiger partial charge in [0.2, 0.25) is 0 Å². The van der Waals surface area contributed by atoms with Crippen molar-refractivity contribution >= 4 is 11.0 Å². The summed E-state index contributed by atoms with van der Waals surface area (Å²) in [6.07, 6.45) is 4.48. The van der Waals surface area contributed by atoms with E-state index in [1.54, 1.807) is 12.1 Å². The van der Waals surface area contributed by atoms with Crippen LogP contribution in [0.2, 0.25) is 0 Å². The van der Waals surface area contributed by atoms with Gasteiger partial charge in [-0.25, -0.2) is 9.97 Å². The minimum absolute atomic E-state index is 0.257. The molecule has 0 saturated carbocycles. The maximum absolute atomic E-state index is 9.37. The molecule has 0 unspecified atom stereocenters. The number of fused-ring (bicyclic) bond motifs is 2. The molecule has 0 fully saturated rings. The van der Waals surface area contributed by atoms with Crippen molar-refractivity contribution in [2.24, 2.45) is 0 Å². The molecule has 0 aliphatic heterocycles. The Morgan fingerprint density at radius 2 is 1.60 bits per heavy atom. The van der Waals surface area contributed by atoms with Gasteiger partial charge in [0.1, 0.15) is 5.75 Å². The van der Waals surface area contributed by atoms with Crippen molar-refractivity contribution < 1.29 is 5.11 Å². The highest BCUT2D eigenvalue weighted by molar-refractivity contribution is 5.76. The van der Waals surface area contributed by atoms with Gasteiger partial charge >= 0.3 is 0 Å². The van der Waals surface area contributed by atoms with Crippen LogP contribution in [0.5, 0.6) is 5.75 Å². The first-order chi connectivity index (χ1) is 7.33. The van der Waals surface area contributed by atoms with Crippen molar-refractivity contribution in [2.75, 3.05) is 0 Å². The maximum Gasteiger partial charge on any atom is 0.117 e. The Morgan fingerprint density at radius 1 is 0.933 bits per heavy atom. The number of rotatable bonds is 0. The van der Waals surface area contributed by atoms with E-state index in [1.165, 1.54) is 12.8 Å². The van der Waals surface area contributed by atoms with Crippen LogP contribution in [-0.2, 0) is 12.8 Å². The number of phenols is 1. The van der Waals surface area contributed by atoms with Gasteiger partial charge in [0.05, 0.1) is 22.4 Å². The lowest BCUT2D eigenvalue weighted by molar-refractivity contribution is 0.476. The number of nitrogens with zero attached hydrogens (tertiary/aromatic N) is 2. The molecule has 76 valence electrons. The second kappa shape index (κ2) is 3.19. The summed E-state index contributed by atoms with van der Waals surface area (Å²) in [5, 5.41) is 9.37. The molecule has 2 aromatic rings. The molecule has 1 N–H and O–H groups in total. The standard InChI is InChI=1S/C12H12N2O/c15-8-5-6-11-12(7-8)14-10-4-2-1-3-9(10)13-11/h5-7,15H,1-4H2. The fourth-order valence-corrected chi connectivity index (χ4v) is 2.10. The van der Waals surface area contributed by atoms with Gasteiger partial charge in [-0.05, 0) is 37.8 Å². The lowest BCUT2D eigenvalue weighted by Gasteiger charge is -2.14. The van der Waals surface area contributed by atoms with Crippen LogP contribution < -0.4 is 0 Å². The largest absolute Gasteiger partial charge is 0.508 e. The van der Waals surface area contributed by atoms with E-state index in [0.717, 1.165) is 35.3 Å². The number of hydrogen-bond donors (Lipinski definition) is 1. The SMILES string of the molecule is Oc1ccc2nc3c(nc2c1)CCCC3. The quantitative estimate of drug-likeness (QED) is 0.709. The molecule has 3 rings (SSSR count). The summed E-state index contributed by atoms with van der Waals surface area (Å²) in [4.78, 5) is 9.14. The molecule has 1 heterocycles. The first-order valence-corrected chi connectivity index (χ1v) is 5.31. The minimum atomic E-state index is 0.257. The van der Waals surface area contributed by atoms with Crippen LogP contribution in [0.4, 0.5) is 0 Å². The van der Waals surface area contributed by atoms with E-state index < -0.39 is 0 Å². The third-order valence-corrected chi connectivity index (χ3v) is 2.88. The molecule has 1 aliphatic carbocycles. The van der Waals surface area contributed by atoms with Gasteiger partial charge in [-0.1, -0.05) is 0 Å². The zero-order chi connectivity index (χ0) is 10.3. The summed E-state index contributed by atoms with van der Waals surface area (Å²) in [5.74, 6) is 0.257. The van der Waals surface area contributed by atoms with Crippen molar-refractivity contribution in [2.45, 2.75) is 25.7 Å². The molecule has 15 heavy (non-hydrogen) atoms. The van der Waals surface area contributed by atoms with Crippen LogP contribution >= 0.6 is 0 Å². The average Bonchev–Trinajstić information content (AvgIpc) is 2.26. The van der Waals surface area contributed by atoms with Crippen molar-refractivity contribution in [1.82, 2.24) is 9.97 Å². The number of phenolic OH excluding ortho intramolecular Hbond substituents is 1. The van der Waals surface area contributed by atoms with Crippen LogP contribution in [0, 0.1) is 0 Å². The molecule has 3 heteroatoms. The smallest absolute Gasteiger partial charge is 0.117 e. The highest BCUT2D eigenvalue weighted by atomic mass is 16.3. The van der Waals surface area contributed by atoms with E-state index in [2.05, 4.69) is 9.97 Å². The molecule has 0 bridgehead atoms. The summed E-state index contributed by atoms with van der Waals surface area (Å²) in [5.41, 5.74) is 3.93. The molecule has 0 atom stereocenters. The first-order valence-electron chi connectivity index (χ1n) is 5.31. The third-order valence-electron chi connectivity index (χ3n) is 2.88. The van der Waals surface area contributed by atoms with Crippen LogP contribution in [0.15, 0.2) is 18.2 Å². The Balaban J connectivity index is 2.26. The molecule has 1 aromatic carbocycles. The van der Waals surface area contributed by atoms with Crippen LogP contribution in [0.1, 0.15) is 24.2 Å². The van der Waals surface area contributed by atoms with E-state index in [1.807, 2.05) is 6.07 Å². The number of benzene rings is 1. The average molecular weight is 200 g/mol. The third kappa shape index (κ3) is 1.44. The highest BCUT2D eigenvalue weighted by Crippen LogP contribution is 2.22. The molecular formula is C12H12N2O. The van der Waals surface area contributed by atoms with Gasteiger partial charge < -0.3 is 5.11 Å². The Morgan fingerprint density at radius 3 is 2.33 bits per heavy atom. The predicted molar refractivity (Wildman–Crippen MR) is 57.8 cm³/mol. The van der Waals surface area contributed by atoms with Crippen molar-refractivity contribution in [3.05, 3.63) is 29.6 Å². The molecular weight excluding hydrogens is 188 g/mol. The van der Waals surface area contributed by atoms with Gasteiger partial charge in [-0.3, -0.25) is 0 Å². The topological polar surface area (TPSA) is 46.0 Å². The summed E-state index contributed by atoms with van der Waals surface area (Å²) in [7, 11) is 0. The number of aromatic nitrogens is 2. The Labute approximate surface area is 87.8 Å². The monoisotopic (exact) mass is 200 g/mol. The molecule has 0 saturated heterocycles. The lowest BCUT2D eigenvalue weighted by Crippen LogP contribution is -2.07. The normalized spacial score (nSPS) is 15.2. The van der Waals surface area contributed by atoms with Gasteiger partial charge in [-0.15, -0.1) is 0 Å². The molecule has 0 radical (unpaired) electrons. The molecule has 0 spiro atoms. The van der Waals surface area contributed by atoms with E-state index in [9.17, 15) is 5.11 Å². The van der Waals surface area contributed by atoms with Crippen molar-refractivity contribution in [3.63, 3.8) is 0 Å². The van der Waals surface area contributed by atoms with Gasteiger partial charge in [0.25, 0.3) is 0 Å². The van der Waals surface area contributed by atoms with Crippen LogP contribution in [-0.4, -0.2) is 15.1 Å². The zero-order valence-corrected chi connectivity index (χ0v) is 8.40. The summed E-state index contributed by atoms with van der Waals surface area (Å²) < 4.78 is 0. The maximum atomic E-state index is 9.37. The minimum Gasteiger partial charge on any atom is -0.508 e. The number of aromatic hydroxyl groups is 1. The zero-order valence-electron chi connectivity index (χ0n) is 8.40. The number of aryl methyl sites for hydroxylation is 2. The summed E-state index contributed by atoms with van der Waals surface area (Å²) in [6, 6.07) is 5.16. The number of hydrogen-bond acceptors (Lipinski definition) is 3. The summed E-state index contributed by atoms with van der Waals surface area (Å²) in [6.45, 7) is 0. The fraction of sp³-hybridized carbons (Fsp3) is 0.333. The highest BCUT2D eigenvalue weighted by Gasteiger charge is 2.13. The van der Waals surface area contributed by atoms with E-state index >= 15 is 0 Å². The Hall–Kier alpha value is -1.64. The van der Waals surface area contributed by atoms with E-state index in [-0.39, 0.29) is 5.75 Å². The first kappa shape index (κ1) is 8.65. The van der Waals surface area contributed by atoms with Gasteiger partial charge in [-0.2, -0.15) is 0 Å². The lowest BCUT2D eigenvalue weighted by atomic mass is 10.0. The molecule has 1 aliphatic rings. The molecule has 1 aromatic heterocycles. The van der Waals surface area contributed by atoms with E-state index in [0.29, 0.717) is 0 Å². The Bertz CT molecular complexity index is 522. The van der Waals surface area contributed by atoms with Gasteiger partial charge in [0, 0.05) is 6.07 Å². The van der Waals surface area contributed by atoms with Crippen molar-refractivity contribution in [1.29, 1.82) is 0 Å². The fourth-order valence-electron chi connectivity index (χ4n) is 2.10. The molecule has 3 nitrogen and oxygen atoms in total. The van der Waals surface area contributed by atoms with Crippen LogP contribution in [0.25, 0.3) is 11.0 Å². The van der Waals surface area contributed by atoms with Crippen LogP contribution in [0.3, 0.4) is 0 Å².